The highest BCUT2D eigenvalue weighted by molar-refractivity contribution is 7.92. The van der Waals surface area contributed by atoms with Crippen molar-refractivity contribution in [1.29, 1.82) is 0 Å². The van der Waals surface area contributed by atoms with Gasteiger partial charge < -0.3 is 4.74 Å². The molecule has 1 aromatic heterocycles. The second-order valence-corrected chi connectivity index (χ2v) is 7.37. The summed E-state index contributed by atoms with van der Waals surface area (Å²) in [4.78, 5) is 4.52. The molecule has 6 heteroatoms. The lowest BCUT2D eigenvalue weighted by Crippen LogP contribution is -2.17. The van der Waals surface area contributed by atoms with Crippen LogP contribution < -0.4 is 9.46 Å². The number of methoxy groups -OCH3 is 1. The van der Waals surface area contributed by atoms with Gasteiger partial charge in [-0.15, -0.1) is 0 Å². The molecule has 1 N–H and O–H groups in total. The van der Waals surface area contributed by atoms with Gasteiger partial charge >= 0.3 is 0 Å². The van der Waals surface area contributed by atoms with Crippen molar-refractivity contribution in [2.75, 3.05) is 11.8 Å². The van der Waals surface area contributed by atoms with Crippen LogP contribution in [0.5, 0.6) is 5.75 Å². The highest BCUT2D eigenvalue weighted by atomic mass is 32.2. The summed E-state index contributed by atoms with van der Waals surface area (Å²) in [6.07, 6.45) is 0. The number of nitrogens with zero attached hydrogens (tertiary/aromatic N) is 1. The van der Waals surface area contributed by atoms with Crippen molar-refractivity contribution in [3.05, 3.63) is 46.1 Å². The van der Waals surface area contributed by atoms with Crippen LogP contribution in [0.4, 0.5) is 5.82 Å². The third-order valence-electron chi connectivity index (χ3n) is 3.80. The summed E-state index contributed by atoms with van der Waals surface area (Å²) in [5.74, 6) is 1.01. The van der Waals surface area contributed by atoms with E-state index >= 15 is 0 Å². The quantitative estimate of drug-likeness (QED) is 0.930. The fourth-order valence-corrected chi connectivity index (χ4v) is 4.25. The predicted molar refractivity (Wildman–Crippen MR) is 91.7 cm³/mol. The molecular weight excluding hydrogens is 312 g/mol. The highest BCUT2D eigenvalue weighted by Crippen LogP contribution is 2.31. The van der Waals surface area contributed by atoms with Gasteiger partial charge in [-0.25, -0.2) is 13.4 Å². The van der Waals surface area contributed by atoms with Crippen LogP contribution in [0.2, 0.25) is 0 Å². The second-order valence-electron chi connectivity index (χ2n) is 5.75. The molecule has 5 nitrogen and oxygen atoms in total. The first kappa shape index (κ1) is 17.3. The number of hydrogen-bond acceptors (Lipinski definition) is 4. The molecule has 0 bridgehead atoms. The molecule has 0 aliphatic rings. The Balaban J connectivity index is 2.54. The highest BCUT2D eigenvalue weighted by Gasteiger charge is 2.23. The van der Waals surface area contributed by atoms with Crippen molar-refractivity contribution in [2.24, 2.45) is 0 Å². The largest absolute Gasteiger partial charge is 0.496 e. The Morgan fingerprint density at radius 3 is 2.22 bits per heavy atom. The molecule has 0 aliphatic heterocycles. The molecule has 0 fully saturated rings. The second kappa shape index (κ2) is 6.20. The van der Waals surface area contributed by atoms with E-state index < -0.39 is 10.0 Å². The van der Waals surface area contributed by atoms with Gasteiger partial charge in [-0.05, 0) is 75.1 Å². The number of benzene rings is 1. The number of aryl methyl sites for hydroxylation is 3. The van der Waals surface area contributed by atoms with Crippen LogP contribution in [0.1, 0.15) is 27.9 Å². The SMILES string of the molecule is COc1cc(C)c(S(=O)(=O)Nc2cc(C)cc(C)n2)c(C)c1C. The van der Waals surface area contributed by atoms with Gasteiger partial charge in [0.15, 0.2) is 0 Å². The van der Waals surface area contributed by atoms with E-state index in [2.05, 4.69) is 9.71 Å². The molecule has 0 amide bonds. The summed E-state index contributed by atoms with van der Waals surface area (Å²) in [7, 11) is -2.15. The number of aromatic nitrogens is 1. The summed E-state index contributed by atoms with van der Waals surface area (Å²) < 4.78 is 33.5. The van der Waals surface area contributed by atoms with Crippen molar-refractivity contribution < 1.29 is 13.2 Å². The standard InChI is InChI=1S/C17H22N2O3S/c1-10-7-12(3)18-16(8-10)19-23(20,21)17-11(2)9-15(22-6)13(4)14(17)5/h7-9H,1-6H3,(H,18,19). The van der Waals surface area contributed by atoms with Crippen LogP contribution in [0.3, 0.4) is 0 Å². The lowest BCUT2D eigenvalue weighted by Gasteiger charge is -2.17. The fourth-order valence-electron chi connectivity index (χ4n) is 2.73. The Hall–Kier alpha value is -2.08. The van der Waals surface area contributed by atoms with Crippen molar-refractivity contribution >= 4 is 15.8 Å². The molecule has 0 saturated heterocycles. The van der Waals surface area contributed by atoms with Gasteiger partial charge in [0.05, 0.1) is 12.0 Å². The lowest BCUT2D eigenvalue weighted by atomic mass is 10.1. The van der Waals surface area contributed by atoms with Crippen molar-refractivity contribution in [1.82, 2.24) is 4.98 Å². The molecule has 0 atom stereocenters. The maximum atomic E-state index is 12.8. The summed E-state index contributed by atoms with van der Waals surface area (Å²) in [5, 5.41) is 0. The zero-order valence-electron chi connectivity index (χ0n) is 14.3. The average molecular weight is 334 g/mol. The first-order valence-corrected chi connectivity index (χ1v) is 8.77. The molecule has 0 spiro atoms. The van der Waals surface area contributed by atoms with Crippen LogP contribution in [0, 0.1) is 34.6 Å². The summed E-state index contributed by atoms with van der Waals surface area (Å²) in [5.41, 5.74) is 3.85. The first-order valence-electron chi connectivity index (χ1n) is 7.28. The van der Waals surface area contributed by atoms with Gasteiger partial charge in [0.25, 0.3) is 10.0 Å². The molecule has 124 valence electrons. The zero-order chi connectivity index (χ0) is 17.4. The van der Waals surface area contributed by atoms with Crippen LogP contribution in [-0.4, -0.2) is 20.5 Å². The van der Waals surface area contributed by atoms with Gasteiger partial charge in [-0.3, -0.25) is 4.72 Å². The molecular formula is C17H22N2O3S. The Morgan fingerprint density at radius 2 is 1.65 bits per heavy atom. The predicted octanol–water partition coefficient (Wildman–Crippen LogP) is 3.43. The molecule has 1 heterocycles. The summed E-state index contributed by atoms with van der Waals surface area (Å²) >= 11 is 0. The van der Waals surface area contributed by atoms with E-state index in [1.807, 2.05) is 26.8 Å². The maximum Gasteiger partial charge on any atom is 0.263 e. The molecule has 0 radical (unpaired) electrons. The minimum atomic E-state index is -3.72. The fraction of sp³-hybridized carbons (Fsp3) is 0.353. The average Bonchev–Trinajstić information content (AvgIpc) is 2.40. The number of nitrogens with one attached hydrogen (secondary N) is 1. The van der Waals surface area contributed by atoms with Gasteiger partial charge in [0, 0.05) is 5.69 Å². The van der Waals surface area contributed by atoms with E-state index in [4.69, 9.17) is 4.74 Å². The van der Waals surface area contributed by atoms with Gasteiger partial charge in [-0.2, -0.15) is 0 Å². The van der Waals surface area contributed by atoms with Crippen molar-refractivity contribution in [3.63, 3.8) is 0 Å². The Morgan fingerprint density at radius 1 is 1.00 bits per heavy atom. The number of rotatable bonds is 4. The molecule has 0 unspecified atom stereocenters. The van der Waals surface area contributed by atoms with Crippen LogP contribution >= 0.6 is 0 Å². The third kappa shape index (κ3) is 3.47. The summed E-state index contributed by atoms with van der Waals surface area (Å²) in [6.45, 7) is 9.13. The number of anilines is 1. The number of ether oxygens (including phenoxy) is 1. The molecule has 0 saturated carbocycles. The minimum absolute atomic E-state index is 0.275. The molecule has 0 aliphatic carbocycles. The van der Waals surface area contributed by atoms with E-state index in [0.717, 1.165) is 16.8 Å². The van der Waals surface area contributed by atoms with Crippen LogP contribution in [0.25, 0.3) is 0 Å². The monoisotopic (exact) mass is 334 g/mol. The van der Waals surface area contributed by atoms with E-state index in [1.165, 1.54) is 0 Å². The number of sulfonamides is 1. The smallest absolute Gasteiger partial charge is 0.263 e. The normalized spacial score (nSPS) is 11.4. The van der Waals surface area contributed by atoms with E-state index in [9.17, 15) is 8.42 Å². The third-order valence-corrected chi connectivity index (χ3v) is 5.45. The van der Waals surface area contributed by atoms with E-state index in [0.29, 0.717) is 22.7 Å². The Bertz CT molecular complexity index is 838. The first-order chi connectivity index (χ1) is 10.7. The number of pyridine rings is 1. The minimum Gasteiger partial charge on any atom is -0.496 e. The topological polar surface area (TPSA) is 68.3 Å². The number of hydrogen-bond donors (Lipinski definition) is 1. The summed E-state index contributed by atoms with van der Waals surface area (Å²) in [6, 6.07) is 5.35. The van der Waals surface area contributed by atoms with Gasteiger partial charge in [-0.1, -0.05) is 0 Å². The van der Waals surface area contributed by atoms with E-state index in [-0.39, 0.29) is 4.90 Å². The zero-order valence-corrected chi connectivity index (χ0v) is 15.1. The molecule has 1 aromatic carbocycles. The van der Waals surface area contributed by atoms with Crippen molar-refractivity contribution in [2.45, 2.75) is 39.5 Å². The van der Waals surface area contributed by atoms with Gasteiger partial charge in [0.1, 0.15) is 11.6 Å². The molecule has 2 aromatic rings. The van der Waals surface area contributed by atoms with Crippen LogP contribution in [-0.2, 0) is 10.0 Å². The van der Waals surface area contributed by atoms with Gasteiger partial charge in [0.2, 0.25) is 0 Å². The Kier molecular flexibility index (Phi) is 4.66. The maximum absolute atomic E-state index is 12.8. The lowest BCUT2D eigenvalue weighted by molar-refractivity contribution is 0.410. The van der Waals surface area contributed by atoms with Crippen molar-refractivity contribution in [3.8, 4) is 5.75 Å². The van der Waals surface area contributed by atoms with E-state index in [1.54, 1.807) is 33.1 Å². The molecule has 2 rings (SSSR count). The van der Waals surface area contributed by atoms with Crippen LogP contribution in [0.15, 0.2) is 23.1 Å². The molecule has 23 heavy (non-hydrogen) atoms. The Labute approximate surface area is 137 Å².